The van der Waals surface area contributed by atoms with Crippen molar-refractivity contribution in [2.24, 2.45) is 5.92 Å². The van der Waals surface area contributed by atoms with Crippen molar-refractivity contribution in [2.75, 3.05) is 6.61 Å². The van der Waals surface area contributed by atoms with Gasteiger partial charge in [-0.1, -0.05) is 56.9 Å². The molecule has 116 valence electrons. The molecule has 0 radical (unpaired) electrons. The average molecular weight is 324 g/mol. The van der Waals surface area contributed by atoms with Gasteiger partial charge in [-0.2, -0.15) is 4.52 Å². The molecular formula is C16H25O3PSi. The van der Waals surface area contributed by atoms with Crippen LogP contribution in [0, 0.1) is 5.92 Å². The lowest BCUT2D eigenvalue weighted by atomic mass is 9.98. The summed E-state index contributed by atoms with van der Waals surface area (Å²) < 4.78 is 11.7. The predicted octanol–water partition coefficient (Wildman–Crippen LogP) is 4.31. The van der Waals surface area contributed by atoms with Gasteiger partial charge in [0, 0.05) is 5.92 Å². The van der Waals surface area contributed by atoms with Gasteiger partial charge in [-0.25, -0.2) is 4.52 Å². The van der Waals surface area contributed by atoms with E-state index < -0.39 is 16.0 Å². The summed E-state index contributed by atoms with van der Waals surface area (Å²) in [6, 6.07) is 9.97. The first-order chi connectivity index (χ1) is 9.78. The van der Waals surface area contributed by atoms with E-state index in [4.69, 9.17) is 9.05 Å². The molecule has 0 saturated carbocycles. The quantitative estimate of drug-likeness (QED) is 0.612. The summed E-state index contributed by atoms with van der Waals surface area (Å²) >= 11 is 0. The summed E-state index contributed by atoms with van der Waals surface area (Å²) in [6.07, 6.45) is 1.94. The lowest BCUT2D eigenvalue weighted by molar-refractivity contribution is -0.222. The van der Waals surface area contributed by atoms with Gasteiger partial charge in [-0.15, -0.1) is 0 Å². The zero-order valence-corrected chi connectivity index (χ0v) is 15.4. The highest BCUT2D eigenvalue weighted by atomic mass is 31.2. The third-order valence-electron chi connectivity index (χ3n) is 3.64. The lowest BCUT2D eigenvalue weighted by Crippen LogP contribution is -2.37. The van der Waals surface area contributed by atoms with Crippen molar-refractivity contribution in [2.45, 2.75) is 39.6 Å². The molecule has 3 nitrogen and oxygen atoms in total. The van der Waals surface area contributed by atoms with E-state index in [1.54, 1.807) is 0 Å². The fraction of sp³-hybridized carbons (Fsp3) is 0.500. The molecule has 3 atom stereocenters. The molecule has 21 heavy (non-hydrogen) atoms. The molecule has 0 spiro atoms. The maximum absolute atomic E-state index is 13.3. The summed E-state index contributed by atoms with van der Waals surface area (Å²) in [5, 5.41) is 0. The van der Waals surface area contributed by atoms with Crippen LogP contribution in [0.2, 0.25) is 19.6 Å². The van der Waals surface area contributed by atoms with E-state index in [0.29, 0.717) is 6.61 Å². The molecule has 5 heteroatoms. The van der Waals surface area contributed by atoms with Crippen molar-refractivity contribution in [3.63, 3.8) is 0 Å². The van der Waals surface area contributed by atoms with Crippen LogP contribution in [0.1, 0.15) is 25.5 Å². The molecule has 0 aliphatic carbocycles. The molecule has 1 aliphatic heterocycles. The van der Waals surface area contributed by atoms with Crippen LogP contribution >= 0.6 is 7.94 Å². The Morgan fingerprint density at radius 3 is 2.38 bits per heavy atom. The van der Waals surface area contributed by atoms with Crippen molar-refractivity contribution in [1.82, 2.24) is 0 Å². The molecule has 0 amide bonds. The average Bonchev–Trinajstić information content (AvgIpc) is 2.41. The Morgan fingerprint density at radius 1 is 1.24 bits per heavy atom. The van der Waals surface area contributed by atoms with Crippen LogP contribution in [0.4, 0.5) is 0 Å². The summed E-state index contributed by atoms with van der Waals surface area (Å²) in [5.74, 6) is 0.191. The molecule has 1 heterocycles. The molecule has 1 unspecified atom stereocenters. The Labute approximate surface area is 129 Å². The first kappa shape index (κ1) is 16.9. The van der Waals surface area contributed by atoms with Gasteiger partial charge in [0.05, 0.1) is 11.5 Å². The third kappa shape index (κ3) is 3.64. The molecule has 0 fully saturated rings. The summed E-state index contributed by atoms with van der Waals surface area (Å²) in [4.78, 5) is 14.2. The molecule has 0 N–H and O–H groups in total. The largest absolute Gasteiger partial charge is 0.628 e. The first-order valence-electron chi connectivity index (χ1n) is 7.48. The minimum atomic E-state index is -3.18. The van der Waals surface area contributed by atoms with Crippen molar-refractivity contribution in [3.05, 3.63) is 46.9 Å². The van der Waals surface area contributed by atoms with Crippen molar-refractivity contribution in [1.29, 1.82) is 0 Å². The van der Waals surface area contributed by atoms with E-state index in [1.807, 2.05) is 37.3 Å². The van der Waals surface area contributed by atoms with Gasteiger partial charge in [-0.3, -0.25) is 0 Å². The molecule has 0 saturated heterocycles. The van der Waals surface area contributed by atoms with Gasteiger partial charge in [0.2, 0.25) is 0 Å². The Kier molecular flexibility index (Phi) is 5.06. The molecule has 1 aromatic rings. The van der Waals surface area contributed by atoms with Crippen LogP contribution in [0.5, 0.6) is 0 Å². The number of rotatable bonds is 4. The van der Waals surface area contributed by atoms with Gasteiger partial charge in [0.1, 0.15) is 14.2 Å². The van der Waals surface area contributed by atoms with Gasteiger partial charge in [0.15, 0.2) is 0 Å². The van der Waals surface area contributed by atoms with Crippen LogP contribution in [0.3, 0.4) is 0 Å². The van der Waals surface area contributed by atoms with Gasteiger partial charge < -0.3 is 4.89 Å². The topological polar surface area (TPSA) is 41.5 Å². The van der Waals surface area contributed by atoms with Crippen molar-refractivity contribution in [3.8, 4) is 0 Å². The van der Waals surface area contributed by atoms with Crippen LogP contribution in [-0.2, 0) is 9.05 Å². The standard InChI is InChI=1S/C16H25O3PSi/c1-6-18-20(17)15(21(3,4)5)12-13(2)16(19-20)14-10-8-7-9-11-14/h7-13,16H,6H2,1-5H3/t13-,16-,20?/m1/s1. The summed E-state index contributed by atoms with van der Waals surface area (Å²) in [5.41, 5.74) is 1.05. The van der Waals surface area contributed by atoms with Crippen LogP contribution < -0.4 is 4.89 Å². The van der Waals surface area contributed by atoms with Crippen LogP contribution in [-0.4, -0.2) is 14.7 Å². The van der Waals surface area contributed by atoms with Gasteiger partial charge >= 0.3 is 0 Å². The van der Waals surface area contributed by atoms with Crippen molar-refractivity contribution >= 4 is 16.0 Å². The number of hydrogen-bond donors (Lipinski definition) is 0. The third-order valence-corrected chi connectivity index (χ3v) is 10.0. The molecule has 0 aromatic heterocycles. The van der Waals surface area contributed by atoms with Gasteiger partial charge in [0.25, 0.3) is 7.94 Å². The minimum Gasteiger partial charge on any atom is -0.628 e. The Morgan fingerprint density at radius 2 is 1.86 bits per heavy atom. The molecule has 0 bridgehead atoms. The Bertz CT molecular complexity index is 512. The highest BCUT2D eigenvalue weighted by Crippen LogP contribution is 2.68. The molecule has 1 aliphatic rings. The highest BCUT2D eigenvalue weighted by molar-refractivity contribution is 7.67. The highest BCUT2D eigenvalue weighted by Gasteiger charge is 2.50. The fourth-order valence-corrected chi connectivity index (χ4v) is 8.75. The molecule has 2 rings (SSSR count). The second-order valence-corrected chi connectivity index (χ2v) is 13.9. The van der Waals surface area contributed by atoms with E-state index in [9.17, 15) is 4.89 Å². The second-order valence-electron chi connectivity index (χ2n) is 6.51. The number of benzene rings is 1. The minimum absolute atomic E-state index is 0.191. The summed E-state index contributed by atoms with van der Waals surface area (Å²) in [6.45, 7) is 10.9. The van der Waals surface area contributed by atoms with Crippen LogP contribution in [0.25, 0.3) is 0 Å². The zero-order valence-electron chi connectivity index (χ0n) is 13.5. The van der Waals surface area contributed by atoms with Crippen LogP contribution in [0.15, 0.2) is 41.3 Å². The van der Waals surface area contributed by atoms with E-state index in [1.165, 1.54) is 0 Å². The zero-order chi connectivity index (χ0) is 15.7. The first-order valence-corrected chi connectivity index (χ1v) is 12.5. The monoisotopic (exact) mass is 324 g/mol. The lowest BCUT2D eigenvalue weighted by Gasteiger charge is -2.41. The van der Waals surface area contributed by atoms with E-state index in [0.717, 1.165) is 10.5 Å². The van der Waals surface area contributed by atoms with E-state index >= 15 is 0 Å². The molecule has 1 aromatic carbocycles. The predicted molar refractivity (Wildman–Crippen MR) is 89.4 cm³/mol. The normalized spacial score (nSPS) is 30.1. The number of hydrogen-bond acceptors (Lipinski definition) is 3. The second kappa shape index (κ2) is 6.31. The summed E-state index contributed by atoms with van der Waals surface area (Å²) in [7, 11) is -4.93. The fourth-order valence-electron chi connectivity index (χ4n) is 2.67. The molecular weight excluding hydrogens is 299 g/mol. The van der Waals surface area contributed by atoms with E-state index in [2.05, 4.69) is 32.6 Å². The Hall–Kier alpha value is -0.513. The SMILES string of the molecule is CCO[P+]1([O-])O[C@@H](c2ccccc2)[C@H](C)C=C1[Si](C)(C)C. The van der Waals surface area contributed by atoms with Crippen molar-refractivity contribution < 1.29 is 13.9 Å². The maximum atomic E-state index is 13.3. The maximum Gasteiger partial charge on any atom is 0.262 e. The Balaban J connectivity index is 2.42. The van der Waals surface area contributed by atoms with E-state index in [-0.39, 0.29) is 12.0 Å². The smallest absolute Gasteiger partial charge is 0.262 e. The van der Waals surface area contributed by atoms with Gasteiger partial charge in [-0.05, 0) is 18.6 Å².